The van der Waals surface area contributed by atoms with Crippen LogP contribution in [0.15, 0.2) is 30.3 Å². The molecule has 6 nitrogen and oxygen atoms in total. The largest absolute Gasteiger partial charge is 0.339 e. The molecule has 0 radical (unpaired) electrons. The van der Waals surface area contributed by atoms with E-state index in [0.717, 1.165) is 43.5 Å². The molecule has 1 amide bonds. The molecular weight excluding hydrogens is 290 g/mol. The van der Waals surface area contributed by atoms with Gasteiger partial charge in [0.1, 0.15) is 0 Å². The van der Waals surface area contributed by atoms with Crippen molar-refractivity contribution in [2.45, 2.75) is 33.4 Å². The Balaban J connectivity index is 1.89. The van der Waals surface area contributed by atoms with Crippen LogP contribution < -0.4 is 4.90 Å². The van der Waals surface area contributed by atoms with Gasteiger partial charge in [-0.25, -0.2) is 0 Å². The summed E-state index contributed by atoms with van der Waals surface area (Å²) in [6.07, 6.45) is 0. The van der Waals surface area contributed by atoms with E-state index < -0.39 is 0 Å². The van der Waals surface area contributed by atoms with Gasteiger partial charge >= 0.3 is 0 Å². The van der Waals surface area contributed by atoms with E-state index in [0.29, 0.717) is 0 Å². The standard InChI is InChI=1S/C17H23N5O/c1-4-21-16(15-8-6-5-7-9-15)18-19-17(21)22-11-10-20(14(3)23)12-13(22)2/h5-9,13H,4,10-12H2,1-3H3/t13-/m0/s1. The number of rotatable bonds is 3. The molecular formula is C17H23N5O. The summed E-state index contributed by atoms with van der Waals surface area (Å²) in [5.74, 6) is 1.92. The van der Waals surface area contributed by atoms with Crippen molar-refractivity contribution in [3.8, 4) is 11.4 Å². The van der Waals surface area contributed by atoms with E-state index in [1.807, 2.05) is 23.1 Å². The summed E-state index contributed by atoms with van der Waals surface area (Å²) < 4.78 is 2.15. The number of amides is 1. The maximum atomic E-state index is 11.6. The second-order valence-corrected chi connectivity index (χ2v) is 5.94. The van der Waals surface area contributed by atoms with Crippen molar-refractivity contribution in [1.82, 2.24) is 19.7 Å². The van der Waals surface area contributed by atoms with Gasteiger partial charge in [-0.3, -0.25) is 9.36 Å². The minimum atomic E-state index is 0.137. The summed E-state index contributed by atoms with van der Waals surface area (Å²) in [5, 5.41) is 8.85. The fraction of sp³-hybridized carbons (Fsp3) is 0.471. The number of piperazine rings is 1. The van der Waals surface area contributed by atoms with E-state index in [1.165, 1.54) is 0 Å². The SMILES string of the molecule is CCn1c(-c2ccccc2)nnc1N1CCN(C(C)=O)C[C@@H]1C. The van der Waals surface area contributed by atoms with Crippen LogP contribution in [0.3, 0.4) is 0 Å². The quantitative estimate of drug-likeness (QED) is 0.870. The summed E-state index contributed by atoms with van der Waals surface area (Å²) in [5.41, 5.74) is 1.07. The summed E-state index contributed by atoms with van der Waals surface area (Å²) >= 11 is 0. The third-order valence-corrected chi connectivity index (χ3v) is 4.41. The van der Waals surface area contributed by atoms with Crippen LogP contribution in [0.4, 0.5) is 5.95 Å². The molecule has 1 fully saturated rings. The lowest BCUT2D eigenvalue weighted by Crippen LogP contribution is -2.54. The van der Waals surface area contributed by atoms with E-state index in [9.17, 15) is 4.79 Å². The number of aromatic nitrogens is 3. The Labute approximate surface area is 136 Å². The molecule has 2 heterocycles. The van der Waals surface area contributed by atoms with Gasteiger partial charge in [0.15, 0.2) is 5.82 Å². The first-order valence-corrected chi connectivity index (χ1v) is 8.12. The zero-order chi connectivity index (χ0) is 16.4. The first kappa shape index (κ1) is 15.5. The van der Waals surface area contributed by atoms with Gasteiger partial charge in [-0.05, 0) is 13.8 Å². The summed E-state index contributed by atoms with van der Waals surface area (Å²) in [6, 6.07) is 10.4. The number of anilines is 1. The molecule has 6 heteroatoms. The molecule has 1 aliphatic heterocycles. The zero-order valence-electron chi connectivity index (χ0n) is 13.9. The molecule has 0 aliphatic carbocycles. The predicted octanol–water partition coefficient (Wildman–Crippen LogP) is 2.02. The smallest absolute Gasteiger partial charge is 0.227 e. The molecule has 23 heavy (non-hydrogen) atoms. The normalized spacial score (nSPS) is 18.3. The van der Waals surface area contributed by atoms with E-state index in [1.54, 1.807) is 6.92 Å². The number of nitrogens with zero attached hydrogens (tertiary/aromatic N) is 5. The summed E-state index contributed by atoms with van der Waals surface area (Å²) in [6.45, 7) is 8.93. The van der Waals surface area contributed by atoms with Gasteiger partial charge in [0.05, 0.1) is 0 Å². The molecule has 0 unspecified atom stereocenters. The zero-order valence-corrected chi connectivity index (χ0v) is 13.9. The molecule has 0 bridgehead atoms. The molecule has 1 atom stereocenters. The third kappa shape index (κ3) is 2.93. The van der Waals surface area contributed by atoms with Crippen LogP contribution in [0.1, 0.15) is 20.8 Å². The number of benzene rings is 1. The number of carbonyl (C=O) groups is 1. The Hall–Kier alpha value is -2.37. The average molecular weight is 313 g/mol. The Morgan fingerprint density at radius 3 is 2.57 bits per heavy atom. The Bertz CT molecular complexity index is 682. The van der Waals surface area contributed by atoms with Crippen molar-refractivity contribution in [3.63, 3.8) is 0 Å². The highest BCUT2D eigenvalue weighted by Gasteiger charge is 2.29. The highest BCUT2D eigenvalue weighted by Crippen LogP contribution is 2.25. The number of hydrogen-bond donors (Lipinski definition) is 0. The highest BCUT2D eigenvalue weighted by molar-refractivity contribution is 5.73. The van der Waals surface area contributed by atoms with Crippen LogP contribution >= 0.6 is 0 Å². The second kappa shape index (κ2) is 6.40. The van der Waals surface area contributed by atoms with Gasteiger partial charge in [-0.1, -0.05) is 30.3 Å². The molecule has 0 spiro atoms. The minimum absolute atomic E-state index is 0.137. The van der Waals surface area contributed by atoms with Gasteiger partial charge in [0, 0.05) is 44.7 Å². The van der Waals surface area contributed by atoms with Gasteiger partial charge in [0.2, 0.25) is 11.9 Å². The number of carbonyl (C=O) groups excluding carboxylic acids is 1. The Morgan fingerprint density at radius 1 is 1.22 bits per heavy atom. The average Bonchev–Trinajstić information content (AvgIpc) is 2.99. The second-order valence-electron chi connectivity index (χ2n) is 5.94. The molecule has 1 aromatic heterocycles. The Morgan fingerprint density at radius 2 is 1.96 bits per heavy atom. The first-order chi connectivity index (χ1) is 11.1. The van der Waals surface area contributed by atoms with Crippen LogP contribution in [0.25, 0.3) is 11.4 Å². The van der Waals surface area contributed by atoms with Gasteiger partial charge in [0.25, 0.3) is 0 Å². The topological polar surface area (TPSA) is 54.3 Å². The van der Waals surface area contributed by atoms with Crippen molar-refractivity contribution in [2.24, 2.45) is 0 Å². The van der Waals surface area contributed by atoms with Crippen molar-refractivity contribution >= 4 is 11.9 Å². The molecule has 1 saturated heterocycles. The molecule has 0 saturated carbocycles. The van der Waals surface area contributed by atoms with Gasteiger partial charge in [-0.15, -0.1) is 10.2 Å². The highest BCUT2D eigenvalue weighted by atomic mass is 16.2. The van der Waals surface area contributed by atoms with E-state index in [4.69, 9.17) is 0 Å². The van der Waals surface area contributed by atoms with Crippen LogP contribution in [0, 0.1) is 0 Å². The molecule has 0 N–H and O–H groups in total. The van der Waals surface area contributed by atoms with Gasteiger partial charge in [-0.2, -0.15) is 0 Å². The maximum absolute atomic E-state index is 11.6. The van der Waals surface area contributed by atoms with E-state index in [2.05, 4.69) is 45.6 Å². The minimum Gasteiger partial charge on any atom is -0.339 e. The lowest BCUT2D eigenvalue weighted by Gasteiger charge is -2.39. The van der Waals surface area contributed by atoms with Crippen LogP contribution in [-0.2, 0) is 11.3 Å². The van der Waals surface area contributed by atoms with Gasteiger partial charge < -0.3 is 9.80 Å². The van der Waals surface area contributed by atoms with Crippen LogP contribution in [0.2, 0.25) is 0 Å². The predicted molar refractivity (Wildman–Crippen MR) is 90.2 cm³/mol. The van der Waals surface area contributed by atoms with Crippen molar-refractivity contribution < 1.29 is 4.79 Å². The molecule has 2 aromatic rings. The maximum Gasteiger partial charge on any atom is 0.227 e. The summed E-state index contributed by atoms with van der Waals surface area (Å²) in [4.78, 5) is 15.7. The van der Waals surface area contributed by atoms with Crippen molar-refractivity contribution in [1.29, 1.82) is 0 Å². The molecule has 122 valence electrons. The van der Waals surface area contributed by atoms with Crippen molar-refractivity contribution in [3.05, 3.63) is 30.3 Å². The molecule has 1 aromatic carbocycles. The fourth-order valence-corrected chi connectivity index (χ4v) is 3.14. The monoisotopic (exact) mass is 313 g/mol. The van der Waals surface area contributed by atoms with Crippen LogP contribution in [0.5, 0.6) is 0 Å². The summed E-state index contributed by atoms with van der Waals surface area (Å²) in [7, 11) is 0. The van der Waals surface area contributed by atoms with Crippen LogP contribution in [-0.4, -0.2) is 51.2 Å². The molecule has 3 rings (SSSR count). The fourth-order valence-electron chi connectivity index (χ4n) is 3.14. The van der Waals surface area contributed by atoms with E-state index >= 15 is 0 Å². The lowest BCUT2D eigenvalue weighted by molar-refractivity contribution is -0.129. The lowest BCUT2D eigenvalue weighted by atomic mass is 10.2. The van der Waals surface area contributed by atoms with E-state index in [-0.39, 0.29) is 11.9 Å². The number of hydrogen-bond acceptors (Lipinski definition) is 4. The molecule has 1 aliphatic rings. The third-order valence-electron chi connectivity index (χ3n) is 4.41. The Kier molecular flexibility index (Phi) is 4.32. The first-order valence-electron chi connectivity index (χ1n) is 8.12. The van der Waals surface area contributed by atoms with Crippen molar-refractivity contribution in [2.75, 3.05) is 24.5 Å².